The molecule has 1 heterocycles. The number of carbonyl (C=O) groups is 1. The van der Waals surface area contributed by atoms with E-state index < -0.39 is 0 Å². The molecular weight excluding hydrogens is 258 g/mol. The molecule has 0 aliphatic carbocycles. The molecule has 3 N–H and O–H groups in total. The fourth-order valence-electron chi connectivity index (χ4n) is 2.12. The van der Waals surface area contributed by atoms with Crippen LogP contribution in [0.15, 0.2) is 18.2 Å². The van der Waals surface area contributed by atoms with Crippen molar-refractivity contribution in [1.82, 2.24) is 4.90 Å². The molecule has 1 aliphatic heterocycles. The van der Waals surface area contributed by atoms with E-state index in [0.717, 1.165) is 36.5 Å². The zero-order valence-electron chi connectivity index (χ0n) is 11.3. The Hall–Kier alpha value is -1.20. The van der Waals surface area contributed by atoms with Gasteiger partial charge in [-0.15, -0.1) is 0 Å². The van der Waals surface area contributed by atoms with Crippen LogP contribution in [0.1, 0.15) is 12.0 Å². The van der Waals surface area contributed by atoms with Crippen LogP contribution in [-0.4, -0.2) is 41.9 Å². The van der Waals surface area contributed by atoms with Crippen LogP contribution < -0.4 is 11.1 Å². The van der Waals surface area contributed by atoms with Crippen LogP contribution in [0.25, 0.3) is 0 Å². The molecule has 4 nitrogen and oxygen atoms in total. The number of hydrogen-bond donors (Lipinski definition) is 2. The second-order valence-electron chi connectivity index (χ2n) is 4.86. The molecule has 104 valence electrons. The molecule has 0 unspecified atom stereocenters. The van der Waals surface area contributed by atoms with E-state index in [2.05, 4.69) is 10.2 Å². The van der Waals surface area contributed by atoms with E-state index in [4.69, 9.17) is 5.73 Å². The van der Waals surface area contributed by atoms with Gasteiger partial charge in [0.2, 0.25) is 5.91 Å². The minimum absolute atomic E-state index is 0.0422. The molecule has 0 saturated carbocycles. The van der Waals surface area contributed by atoms with Gasteiger partial charge in [0.15, 0.2) is 0 Å². The summed E-state index contributed by atoms with van der Waals surface area (Å²) in [7, 11) is 0. The number of benzene rings is 1. The second kappa shape index (κ2) is 6.82. The van der Waals surface area contributed by atoms with Crippen LogP contribution in [0.2, 0.25) is 0 Å². The molecule has 0 spiro atoms. The Morgan fingerprint density at radius 1 is 1.42 bits per heavy atom. The Kier molecular flexibility index (Phi) is 5.10. The van der Waals surface area contributed by atoms with Crippen molar-refractivity contribution in [2.45, 2.75) is 13.3 Å². The van der Waals surface area contributed by atoms with Crippen molar-refractivity contribution in [2.75, 3.05) is 42.2 Å². The highest BCUT2D eigenvalue weighted by atomic mass is 32.2. The SMILES string of the molecule is Cc1ccc(N)cc1NC(=O)CN1CCCSCC1. The average molecular weight is 279 g/mol. The third-order valence-corrected chi connectivity index (χ3v) is 4.27. The summed E-state index contributed by atoms with van der Waals surface area (Å²) >= 11 is 1.97. The van der Waals surface area contributed by atoms with Crippen LogP contribution in [0.3, 0.4) is 0 Å². The Morgan fingerprint density at radius 2 is 2.26 bits per heavy atom. The van der Waals surface area contributed by atoms with Crippen molar-refractivity contribution in [3.63, 3.8) is 0 Å². The number of carbonyl (C=O) groups excluding carboxylic acids is 1. The van der Waals surface area contributed by atoms with Crippen molar-refractivity contribution in [1.29, 1.82) is 0 Å². The molecule has 1 amide bonds. The summed E-state index contributed by atoms with van der Waals surface area (Å²) in [4.78, 5) is 14.3. The Morgan fingerprint density at radius 3 is 3.11 bits per heavy atom. The average Bonchev–Trinajstić information content (AvgIpc) is 2.62. The minimum Gasteiger partial charge on any atom is -0.399 e. The van der Waals surface area contributed by atoms with Crippen LogP contribution in [0.4, 0.5) is 11.4 Å². The lowest BCUT2D eigenvalue weighted by molar-refractivity contribution is -0.117. The van der Waals surface area contributed by atoms with E-state index in [-0.39, 0.29) is 5.91 Å². The van der Waals surface area contributed by atoms with Crippen molar-refractivity contribution >= 4 is 29.0 Å². The Bertz CT molecular complexity index is 442. The molecule has 1 aliphatic rings. The topological polar surface area (TPSA) is 58.4 Å². The largest absolute Gasteiger partial charge is 0.399 e. The van der Waals surface area contributed by atoms with Crippen LogP contribution >= 0.6 is 11.8 Å². The molecule has 1 saturated heterocycles. The number of nitrogens with zero attached hydrogens (tertiary/aromatic N) is 1. The fourth-order valence-corrected chi connectivity index (χ4v) is 3.05. The molecule has 0 aromatic heterocycles. The molecule has 1 aromatic rings. The first-order valence-electron chi connectivity index (χ1n) is 6.61. The first-order chi connectivity index (χ1) is 9.15. The highest BCUT2D eigenvalue weighted by Crippen LogP contribution is 2.18. The first kappa shape index (κ1) is 14.2. The predicted octanol–water partition coefficient (Wildman–Crippen LogP) is 1.95. The van der Waals surface area contributed by atoms with Crippen molar-refractivity contribution in [3.8, 4) is 0 Å². The third-order valence-electron chi connectivity index (χ3n) is 3.22. The molecule has 1 aromatic carbocycles. The van der Waals surface area contributed by atoms with E-state index in [1.54, 1.807) is 0 Å². The monoisotopic (exact) mass is 279 g/mol. The normalized spacial score (nSPS) is 16.9. The smallest absolute Gasteiger partial charge is 0.238 e. The van der Waals surface area contributed by atoms with Crippen LogP contribution in [0, 0.1) is 6.92 Å². The number of anilines is 2. The summed E-state index contributed by atoms with van der Waals surface area (Å²) < 4.78 is 0. The maximum Gasteiger partial charge on any atom is 0.238 e. The predicted molar refractivity (Wildman–Crippen MR) is 82.6 cm³/mol. The van der Waals surface area contributed by atoms with Gasteiger partial charge in [-0.1, -0.05) is 6.07 Å². The van der Waals surface area contributed by atoms with Crippen molar-refractivity contribution in [3.05, 3.63) is 23.8 Å². The van der Waals surface area contributed by atoms with E-state index >= 15 is 0 Å². The van der Waals surface area contributed by atoms with Crippen molar-refractivity contribution < 1.29 is 4.79 Å². The van der Waals surface area contributed by atoms with Gasteiger partial charge in [0.05, 0.1) is 6.54 Å². The summed E-state index contributed by atoms with van der Waals surface area (Å²) in [6.07, 6.45) is 1.16. The number of amides is 1. The van der Waals surface area contributed by atoms with Gasteiger partial charge in [-0.05, 0) is 43.3 Å². The molecule has 0 radical (unpaired) electrons. The lowest BCUT2D eigenvalue weighted by Gasteiger charge is -2.19. The van der Waals surface area contributed by atoms with Gasteiger partial charge in [0, 0.05) is 23.7 Å². The second-order valence-corrected chi connectivity index (χ2v) is 6.09. The summed E-state index contributed by atoms with van der Waals surface area (Å²) in [6, 6.07) is 5.58. The Labute approximate surface area is 118 Å². The van der Waals surface area contributed by atoms with Gasteiger partial charge in [-0.3, -0.25) is 9.69 Å². The van der Waals surface area contributed by atoms with E-state index in [9.17, 15) is 4.79 Å². The number of thioether (sulfide) groups is 1. The highest BCUT2D eigenvalue weighted by molar-refractivity contribution is 7.99. The number of nitrogen functional groups attached to an aromatic ring is 1. The van der Waals surface area contributed by atoms with Crippen LogP contribution in [-0.2, 0) is 4.79 Å². The van der Waals surface area contributed by atoms with Crippen LogP contribution in [0.5, 0.6) is 0 Å². The van der Waals surface area contributed by atoms with E-state index in [0.29, 0.717) is 12.2 Å². The number of nitrogens with one attached hydrogen (secondary N) is 1. The number of nitrogens with two attached hydrogens (primary N) is 1. The number of rotatable bonds is 3. The molecule has 0 atom stereocenters. The number of hydrogen-bond acceptors (Lipinski definition) is 4. The first-order valence-corrected chi connectivity index (χ1v) is 7.77. The zero-order valence-corrected chi connectivity index (χ0v) is 12.1. The third kappa shape index (κ3) is 4.44. The highest BCUT2D eigenvalue weighted by Gasteiger charge is 2.13. The molecular formula is C14H21N3OS. The van der Waals surface area contributed by atoms with Gasteiger partial charge in [0.25, 0.3) is 0 Å². The lowest BCUT2D eigenvalue weighted by Crippen LogP contribution is -2.34. The molecule has 1 fully saturated rings. The molecule has 5 heteroatoms. The van der Waals surface area contributed by atoms with E-state index in [1.807, 2.05) is 36.9 Å². The van der Waals surface area contributed by atoms with Gasteiger partial charge < -0.3 is 11.1 Å². The molecule has 2 rings (SSSR count). The van der Waals surface area contributed by atoms with E-state index in [1.165, 1.54) is 5.75 Å². The summed E-state index contributed by atoms with van der Waals surface area (Å²) in [5, 5.41) is 2.95. The van der Waals surface area contributed by atoms with Crippen molar-refractivity contribution in [2.24, 2.45) is 0 Å². The maximum atomic E-state index is 12.1. The van der Waals surface area contributed by atoms with Gasteiger partial charge in [-0.25, -0.2) is 0 Å². The zero-order chi connectivity index (χ0) is 13.7. The minimum atomic E-state index is 0.0422. The number of aryl methyl sites for hydroxylation is 1. The summed E-state index contributed by atoms with van der Waals surface area (Å²) in [5.74, 6) is 2.36. The summed E-state index contributed by atoms with van der Waals surface area (Å²) in [6.45, 7) is 4.44. The summed E-state index contributed by atoms with van der Waals surface area (Å²) in [5.41, 5.74) is 8.27. The lowest BCUT2D eigenvalue weighted by atomic mass is 10.2. The van der Waals surface area contributed by atoms with Gasteiger partial charge >= 0.3 is 0 Å². The molecule has 0 bridgehead atoms. The Balaban J connectivity index is 1.91. The molecule has 19 heavy (non-hydrogen) atoms. The quantitative estimate of drug-likeness (QED) is 0.830. The van der Waals surface area contributed by atoms with Gasteiger partial charge in [0.1, 0.15) is 0 Å². The standard InChI is InChI=1S/C14H21N3OS/c1-11-3-4-12(15)9-13(11)16-14(18)10-17-5-2-7-19-8-6-17/h3-4,9H,2,5-8,10,15H2,1H3,(H,16,18). The fraction of sp³-hybridized carbons (Fsp3) is 0.500. The van der Waals surface area contributed by atoms with Gasteiger partial charge in [-0.2, -0.15) is 11.8 Å². The maximum absolute atomic E-state index is 12.1.